The highest BCUT2D eigenvalue weighted by Gasteiger charge is 2.19. The van der Waals surface area contributed by atoms with Crippen molar-refractivity contribution in [3.8, 4) is 0 Å². The molecule has 0 saturated carbocycles. The number of ether oxygens (including phenoxy) is 3. The highest BCUT2D eigenvalue weighted by Crippen LogP contribution is 2.19. The van der Waals surface area contributed by atoms with Gasteiger partial charge in [0.25, 0.3) is 0 Å². The number of hydrogen-bond acceptors (Lipinski definition) is 6. The Morgan fingerprint density at radius 2 is 0.543 bits per heavy atom. The summed E-state index contributed by atoms with van der Waals surface area (Å²) in [5.41, 5.74) is 0. The summed E-state index contributed by atoms with van der Waals surface area (Å²) >= 11 is 0. The highest BCUT2D eigenvalue weighted by molar-refractivity contribution is 5.71. The minimum Gasteiger partial charge on any atom is -0.462 e. The van der Waals surface area contributed by atoms with Gasteiger partial charge in [0, 0.05) is 19.3 Å². The molecule has 0 N–H and O–H groups in total. The molecule has 0 fully saturated rings. The minimum atomic E-state index is -0.764. The second-order valence-corrected chi connectivity index (χ2v) is 22.8. The summed E-state index contributed by atoms with van der Waals surface area (Å²) in [4.78, 5) is 38.3. The molecule has 6 heteroatoms. The van der Waals surface area contributed by atoms with Crippen LogP contribution in [0.2, 0.25) is 0 Å². The second-order valence-electron chi connectivity index (χ2n) is 22.8. The van der Waals surface area contributed by atoms with Crippen LogP contribution in [0.3, 0.4) is 0 Å². The molecule has 6 nitrogen and oxygen atoms in total. The average Bonchev–Trinajstić information content (AvgIpc) is 3.35. The summed E-state index contributed by atoms with van der Waals surface area (Å²) in [6.45, 7) is 11.5. The van der Waals surface area contributed by atoms with Gasteiger partial charge in [-0.3, -0.25) is 14.4 Å². The SMILES string of the molecule is CCCCCCCCCCCCCCCCCCCCCC(=O)O[C@@H](COC(=O)CCCCCCCCCCCCCCCCC(C)CC)COC(=O)CCCCCCCCCCCCCCC(C)C. The van der Waals surface area contributed by atoms with Crippen LogP contribution in [-0.4, -0.2) is 37.2 Å². The zero-order valence-electron chi connectivity index (χ0n) is 48.2. The standard InChI is InChI=1S/C64H124O6/c1-6-8-9-10-11-12-13-14-15-16-17-18-19-24-31-36-41-46-51-56-64(67)70-61(58-69-63(66)55-50-45-40-35-30-26-25-27-32-37-42-47-52-59(3)4)57-68-62(65)54-49-44-39-34-29-23-21-20-22-28-33-38-43-48-53-60(5)7-2/h59-61H,6-58H2,1-5H3/t60?,61-/m0/s1. The topological polar surface area (TPSA) is 78.9 Å². The van der Waals surface area contributed by atoms with Gasteiger partial charge in [-0.1, -0.05) is 324 Å². The summed E-state index contributed by atoms with van der Waals surface area (Å²) in [6, 6.07) is 0. The molecule has 0 spiro atoms. The molecule has 416 valence electrons. The molecule has 0 aromatic heterocycles. The fourth-order valence-corrected chi connectivity index (χ4v) is 9.90. The molecule has 0 radical (unpaired) electrons. The van der Waals surface area contributed by atoms with Crippen molar-refractivity contribution < 1.29 is 28.6 Å². The van der Waals surface area contributed by atoms with Crippen molar-refractivity contribution in [3.63, 3.8) is 0 Å². The lowest BCUT2D eigenvalue weighted by atomic mass is 9.99. The van der Waals surface area contributed by atoms with Gasteiger partial charge >= 0.3 is 17.9 Å². The Balaban J connectivity index is 4.29. The predicted octanol–water partition coefficient (Wildman–Crippen LogP) is 21.2. The molecule has 0 heterocycles. The Morgan fingerprint density at radius 1 is 0.300 bits per heavy atom. The second kappa shape index (κ2) is 56.7. The lowest BCUT2D eigenvalue weighted by molar-refractivity contribution is -0.167. The summed E-state index contributed by atoms with van der Waals surface area (Å²) in [5.74, 6) is 0.897. The Hall–Kier alpha value is -1.59. The number of carbonyl (C=O) groups excluding carboxylic acids is 3. The third kappa shape index (κ3) is 55.7. The summed E-state index contributed by atoms with van der Waals surface area (Å²) in [5, 5.41) is 0. The number of hydrogen-bond donors (Lipinski definition) is 0. The Morgan fingerprint density at radius 3 is 0.814 bits per heavy atom. The molecule has 0 aliphatic carbocycles. The molecule has 0 saturated heterocycles. The van der Waals surface area contributed by atoms with E-state index in [0.29, 0.717) is 19.3 Å². The van der Waals surface area contributed by atoms with Crippen molar-refractivity contribution in [3.05, 3.63) is 0 Å². The van der Waals surface area contributed by atoms with Crippen molar-refractivity contribution in [1.29, 1.82) is 0 Å². The summed E-state index contributed by atoms with van der Waals surface area (Å²) < 4.78 is 17.0. The maximum Gasteiger partial charge on any atom is 0.306 e. The van der Waals surface area contributed by atoms with Crippen LogP contribution in [-0.2, 0) is 28.6 Å². The molecular formula is C64H124O6. The lowest BCUT2D eigenvalue weighted by Gasteiger charge is -2.18. The Labute approximate surface area is 438 Å². The van der Waals surface area contributed by atoms with Crippen molar-refractivity contribution in [2.45, 2.75) is 368 Å². The Bertz CT molecular complexity index is 1070. The van der Waals surface area contributed by atoms with Crippen molar-refractivity contribution in [2.75, 3.05) is 13.2 Å². The Kier molecular flexibility index (Phi) is 55.4. The molecule has 0 aliphatic heterocycles. The third-order valence-corrected chi connectivity index (χ3v) is 15.1. The van der Waals surface area contributed by atoms with Crippen LogP contribution in [0.4, 0.5) is 0 Å². The molecule has 0 bridgehead atoms. The first-order chi connectivity index (χ1) is 34.3. The first-order valence-electron chi connectivity index (χ1n) is 31.8. The number of unbranched alkanes of at least 4 members (excludes halogenated alkanes) is 42. The zero-order chi connectivity index (χ0) is 51.1. The fraction of sp³-hybridized carbons (Fsp3) is 0.953. The van der Waals surface area contributed by atoms with Crippen LogP contribution in [0, 0.1) is 11.8 Å². The van der Waals surface area contributed by atoms with E-state index < -0.39 is 6.10 Å². The maximum atomic E-state index is 12.9. The van der Waals surface area contributed by atoms with Crippen molar-refractivity contribution in [2.24, 2.45) is 11.8 Å². The normalized spacial score (nSPS) is 12.4. The number of carbonyl (C=O) groups is 3. The van der Waals surface area contributed by atoms with Gasteiger partial charge in [-0.25, -0.2) is 0 Å². The van der Waals surface area contributed by atoms with E-state index in [9.17, 15) is 14.4 Å². The monoisotopic (exact) mass is 989 g/mol. The van der Waals surface area contributed by atoms with Crippen LogP contribution >= 0.6 is 0 Å². The van der Waals surface area contributed by atoms with E-state index in [1.165, 1.54) is 250 Å². The number of rotatable bonds is 58. The van der Waals surface area contributed by atoms with Crippen LogP contribution in [0.1, 0.15) is 362 Å². The molecule has 0 amide bonds. The number of esters is 3. The van der Waals surface area contributed by atoms with Gasteiger partial charge in [0.05, 0.1) is 0 Å². The molecule has 0 aromatic rings. The van der Waals surface area contributed by atoms with Gasteiger partial charge in [0.1, 0.15) is 13.2 Å². The van der Waals surface area contributed by atoms with Crippen molar-refractivity contribution in [1.82, 2.24) is 0 Å². The smallest absolute Gasteiger partial charge is 0.306 e. The molecule has 0 aliphatic rings. The summed E-state index contributed by atoms with van der Waals surface area (Å²) in [7, 11) is 0. The van der Waals surface area contributed by atoms with E-state index in [0.717, 1.165) is 69.6 Å². The molecule has 0 aromatic carbocycles. The molecular weight excluding hydrogens is 865 g/mol. The predicted molar refractivity (Wildman–Crippen MR) is 303 cm³/mol. The van der Waals surface area contributed by atoms with E-state index in [1.807, 2.05) is 0 Å². The van der Waals surface area contributed by atoms with Crippen LogP contribution < -0.4 is 0 Å². The van der Waals surface area contributed by atoms with Gasteiger partial charge in [-0.05, 0) is 31.1 Å². The maximum absolute atomic E-state index is 12.9. The van der Waals surface area contributed by atoms with E-state index >= 15 is 0 Å². The fourth-order valence-electron chi connectivity index (χ4n) is 9.90. The molecule has 0 rings (SSSR count). The molecule has 70 heavy (non-hydrogen) atoms. The third-order valence-electron chi connectivity index (χ3n) is 15.1. The molecule has 2 atom stereocenters. The lowest BCUT2D eigenvalue weighted by Crippen LogP contribution is -2.30. The molecule has 1 unspecified atom stereocenters. The van der Waals surface area contributed by atoms with Crippen LogP contribution in [0.25, 0.3) is 0 Å². The minimum absolute atomic E-state index is 0.0621. The van der Waals surface area contributed by atoms with Gasteiger partial charge in [-0.2, -0.15) is 0 Å². The van der Waals surface area contributed by atoms with E-state index in [4.69, 9.17) is 14.2 Å². The van der Waals surface area contributed by atoms with Gasteiger partial charge in [0.15, 0.2) is 6.10 Å². The van der Waals surface area contributed by atoms with E-state index in [2.05, 4.69) is 34.6 Å². The average molecular weight is 990 g/mol. The largest absolute Gasteiger partial charge is 0.462 e. The quantitative estimate of drug-likeness (QED) is 0.0343. The van der Waals surface area contributed by atoms with E-state index in [-0.39, 0.29) is 31.1 Å². The van der Waals surface area contributed by atoms with Gasteiger partial charge in [-0.15, -0.1) is 0 Å². The van der Waals surface area contributed by atoms with Gasteiger partial charge < -0.3 is 14.2 Å². The zero-order valence-corrected chi connectivity index (χ0v) is 48.2. The highest BCUT2D eigenvalue weighted by atomic mass is 16.6. The van der Waals surface area contributed by atoms with Crippen molar-refractivity contribution >= 4 is 17.9 Å². The van der Waals surface area contributed by atoms with Crippen LogP contribution in [0.15, 0.2) is 0 Å². The first kappa shape index (κ1) is 68.4. The first-order valence-corrected chi connectivity index (χ1v) is 31.8. The van der Waals surface area contributed by atoms with Gasteiger partial charge in [0.2, 0.25) is 0 Å². The van der Waals surface area contributed by atoms with E-state index in [1.54, 1.807) is 0 Å². The van der Waals surface area contributed by atoms with Crippen LogP contribution in [0.5, 0.6) is 0 Å². The summed E-state index contributed by atoms with van der Waals surface area (Å²) in [6.07, 6.45) is 62.4.